The summed E-state index contributed by atoms with van der Waals surface area (Å²) in [5, 5.41) is 13.3. The van der Waals surface area contributed by atoms with Crippen LogP contribution in [0.25, 0.3) is 11.3 Å². The van der Waals surface area contributed by atoms with Crippen molar-refractivity contribution in [1.29, 1.82) is 0 Å². The van der Waals surface area contributed by atoms with Crippen LogP contribution >= 0.6 is 11.8 Å². The van der Waals surface area contributed by atoms with E-state index in [0.29, 0.717) is 12.2 Å². The Hall–Kier alpha value is -2.13. The van der Waals surface area contributed by atoms with Gasteiger partial charge in [0.05, 0.1) is 17.2 Å². The van der Waals surface area contributed by atoms with Crippen molar-refractivity contribution in [3.05, 3.63) is 47.9 Å². The van der Waals surface area contributed by atoms with Crippen molar-refractivity contribution in [3.63, 3.8) is 0 Å². The summed E-state index contributed by atoms with van der Waals surface area (Å²) in [7, 11) is -1.06. The molecule has 0 aliphatic carbocycles. The minimum atomic E-state index is -2.94. The van der Waals surface area contributed by atoms with Crippen molar-refractivity contribution >= 4 is 21.6 Å². The summed E-state index contributed by atoms with van der Waals surface area (Å²) >= 11 is 1.51. The Labute approximate surface area is 155 Å². The van der Waals surface area contributed by atoms with Crippen LogP contribution in [0.4, 0.5) is 0 Å². The van der Waals surface area contributed by atoms with Crippen LogP contribution in [0.3, 0.4) is 0 Å². The van der Waals surface area contributed by atoms with Gasteiger partial charge in [-0.05, 0) is 6.42 Å². The van der Waals surface area contributed by atoms with Crippen LogP contribution < -0.4 is 0 Å². The molecule has 1 aliphatic heterocycles. The molecule has 1 saturated heterocycles. The van der Waals surface area contributed by atoms with Crippen LogP contribution in [-0.2, 0) is 22.6 Å². The summed E-state index contributed by atoms with van der Waals surface area (Å²) in [6.45, 7) is 0. The molecule has 1 aromatic carbocycles. The first-order valence-corrected chi connectivity index (χ1v) is 11.1. The van der Waals surface area contributed by atoms with Gasteiger partial charge in [-0.1, -0.05) is 47.3 Å². The van der Waals surface area contributed by atoms with E-state index in [-0.39, 0.29) is 17.4 Å². The lowest BCUT2D eigenvalue weighted by atomic mass is 10.1. The molecule has 1 fully saturated rings. The molecule has 3 aromatic rings. The molecule has 136 valence electrons. The summed E-state index contributed by atoms with van der Waals surface area (Å²) in [6, 6.07) is 11.7. The maximum Gasteiger partial charge on any atom is 0.191 e. The van der Waals surface area contributed by atoms with E-state index < -0.39 is 9.84 Å². The molecular formula is C17H18N4O3S2. The van der Waals surface area contributed by atoms with Gasteiger partial charge in [-0.25, -0.2) is 8.42 Å². The molecule has 1 unspecified atom stereocenters. The van der Waals surface area contributed by atoms with Crippen LogP contribution in [0.2, 0.25) is 0 Å². The van der Waals surface area contributed by atoms with Crippen molar-refractivity contribution in [2.75, 3.05) is 11.5 Å². The van der Waals surface area contributed by atoms with Gasteiger partial charge in [0, 0.05) is 30.3 Å². The van der Waals surface area contributed by atoms with E-state index in [1.807, 2.05) is 48.0 Å². The van der Waals surface area contributed by atoms with E-state index in [0.717, 1.165) is 28.0 Å². The van der Waals surface area contributed by atoms with E-state index in [1.54, 1.807) is 0 Å². The Morgan fingerprint density at radius 1 is 1.27 bits per heavy atom. The highest BCUT2D eigenvalue weighted by Gasteiger charge is 2.32. The highest BCUT2D eigenvalue weighted by molar-refractivity contribution is 7.98. The molecule has 0 saturated carbocycles. The van der Waals surface area contributed by atoms with Crippen LogP contribution in [0.1, 0.15) is 23.9 Å². The van der Waals surface area contributed by atoms with E-state index >= 15 is 0 Å². The van der Waals surface area contributed by atoms with Gasteiger partial charge < -0.3 is 9.09 Å². The normalized spacial score (nSPS) is 19.0. The minimum Gasteiger partial charge on any atom is -0.356 e. The molecule has 7 nitrogen and oxygen atoms in total. The molecule has 3 heterocycles. The molecule has 1 atom stereocenters. The summed E-state index contributed by atoms with van der Waals surface area (Å²) in [5.41, 5.74) is 1.81. The fourth-order valence-corrected chi connectivity index (χ4v) is 5.60. The maximum absolute atomic E-state index is 11.7. The summed E-state index contributed by atoms with van der Waals surface area (Å²) in [5.74, 6) is 2.39. The van der Waals surface area contributed by atoms with E-state index in [2.05, 4.69) is 15.4 Å². The van der Waals surface area contributed by atoms with Gasteiger partial charge in [0.1, 0.15) is 5.82 Å². The molecule has 0 amide bonds. The van der Waals surface area contributed by atoms with Crippen LogP contribution in [0.5, 0.6) is 0 Å². The second kappa shape index (κ2) is 6.88. The Morgan fingerprint density at radius 2 is 2.08 bits per heavy atom. The largest absolute Gasteiger partial charge is 0.356 e. The number of rotatable bonds is 5. The topological polar surface area (TPSA) is 90.9 Å². The molecule has 0 spiro atoms. The third-order valence-corrected chi connectivity index (χ3v) is 7.25. The van der Waals surface area contributed by atoms with Crippen LogP contribution in [0, 0.1) is 0 Å². The molecule has 0 N–H and O–H groups in total. The quantitative estimate of drug-likeness (QED) is 0.619. The van der Waals surface area contributed by atoms with Gasteiger partial charge in [-0.3, -0.25) is 0 Å². The van der Waals surface area contributed by atoms with Crippen molar-refractivity contribution in [2.45, 2.75) is 23.2 Å². The van der Waals surface area contributed by atoms with Crippen LogP contribution in [0.15, 0.2) is 46.1 Å². The van der Waals surface area contributed by atoms with Gasteiger partial charge >= 0.3 is 0 Å². The van der Waals surface area contributed by atoms with Crippen molar-refractivity contribution in [2.24, 2.45) is 7.05 Å². The Kier molecular flexibility index (Phi) is 4.58. The average Bonchev–Trinajstić information content (AvgIpc) is 3.33. The zero-order valence-corrected chi connectivity index (χ0v) is 15.8. The number of benzene rings is 1. The average molecular weight is 390 g/mol. The first-order chi connectivity index (χ1) is 12.5. The lowest BCUT2D eigenvalue weighted by Gasteiger charge is -2.07. The molecule has 0 radical (unpaired) electrons. The van der Waals surface area contributed by atoms with Gasteiger partial charge in [-0.2, -0.15) is 0 Å². The van der Waals surface area contributed by atoms with Gasteiger partial charge in [0.15, 0.2) is 20.8 Å². The van der Waals surface area contributed by atoms with E-state index in [4.69, 9.17) is 4.52 Å². The number of nitrogens with zero attached hydrogens (tertiary/aromatic N) is 4. The van der Waals surface area contributed by atoms with E-state index in [9.17, 15) is 8.42 Å². The SMILES string of the molecule is Cn1c(SCc2cc(-c3ccccc3)on2)nnc1C1CCS(=O)(=O)C1. The third-order valence-electron chi connectivity index (χ3n) is 4.43. The predicted octanol–water partition coefficient (Wildman–Crippen LogP) is 2.66. The summed E-state index contributed by atoms with van der Waals surface area (Å²) in [4.78, 5) is 0. The number of hydrogen-bond donors (Lipinski definition) is 0. The molecular weight excluding hydrogens is 372 g/mol. The van der Waals surface area contributed by atoms with Gasteiger partial charge in [0.2, 0.25) is 0 Å². The molecule has 4 rings (SSSR count). The maximum atomic E-state index is 11.7. The smallest absolute Gasteiger partial charge is 0.191 e. The van der Waals surface area contributed by atoms with Crippen molar-refractivity contribution in [3.8, 4) is 11.3 Å². The molecule has 2 aromatic heterocycles. The number of sulfone groups is 1. The molecule has 26 heavy (non-hydrogen) atoms. The first kappa shape index (κ1) is 17.3. The molecule has 0 bridgehead atoms. The summed E-state index contributed by atoms with van der Waals surface area (Å²) in [6.07, 6.45) is 0.614. The minimum absolute atomic E-state index is 0.0661. The fourth-order valence-electron chi connectivity index (χ4n) is 3.06. The number of aromatic nitrogens is 4. The lowest BCUT2D eigenvalue weighted by molar-refractivity contribution is 0.426. The van der Waals surface area contributed by atoms with Crippen molar-refractivity contribution in [1.82, 2.24) is 19.9 Å². The second-order valence-corrected chi connectivity index (χ2v) is 9.51. The van der Waals surface area contributed by atoms with E-state index in [1.165, 1.54) is 11.8 Å². The lowest BCUT2D eigenvalue weighted by Crippen LogP contribution is -2.09. The Morgan fingerprint density at radius 3 is 2.81 bits per heavy atom. The summed E-state index contributed by atoms with van der Waals surface area (Å²) < 4.78 is 30.7. The second-order valence-electron chi connectivity index (χ2n) is 6.34. The monoisotopic (exact) mass is 390 g/mol. The standard InChI is InChI=1S/C17H18N4O3S2/c1-21-16(13-7-8-26(22,23)11-13)18-19-17(21)25-10-14-9-15(24-20-14)12-5-3-2-4-6-12/h2-6,9,13H,7-8,10-11H2,1H3. The van der Waals surface area contributed by atoms with Crippen molar-refractivity contribution < 1.29 is 12.9 Å². The van der Waals surface area contributed by atoms with Gasteiger partial charge in [0.25, 0.3) is 0 Å². The molecule has 1 aliphatic rings. The zero-order chi connectivity index (χ0) is 18.1. The molecule has 9 heteroatoms. The Bertz CT molecular complexity index is 1010. The highest BCUT2D eigenvalue weighted by Crippen LogP contribution is 2.30. The van der Waals surface area contributed by atoms with Crippen LogP contribution in [-0.4, -0.2) is 39.8 Å². The zero-order valence-electron chi connectivity index (χ0n) is 14.2. The highest BCUT2D eigenvalue weighted by atomic mass is 32.2. The number of thioether (sulfide) groups is 1. The van der Waals surface area contributed by atoms with Gasteiger partial charge in [-0.15, -0.1) is 10.2 Å². The fraction of sp³-hybridized carbons (Fsp3) is 0.353. The first-order valence-electron chi connectivity index (χ1n) is 8.25. The number of hydrogen-bond acceptors (Lipinski definition) is 7. The third kappa shape index (κ3) is 3.54. The predicted molar refractivity (Wildman–Crippen MR) is 98.5 cm³/mol. The Balaban J connectivity index is 1.44.